The van der Waals surface area contributed by atoms with E-state index in [0.717, 1.165) is 32.1 Å². The number of piperidine rings is 1. The van der Waals surface area contributed by atoms with Crippen LogP contribution in [0.15, 0.2) is 12.7 Å². The average molecular weight is 701 g/mol. The average Bonchev–Trinajstić information content (AvgIpc) is 3.26. The first-order valence-electron chi connectivity index (χ1n) is 16.5. The van der Waals surface area contributed by atoms with Crippen LogP contribution in [0.4, 0.5) is 4.79 Å². The number of carbonyl (C=O) groups is 6. The van der Waals surface area contributed by atoms with Gasteiger partial charge in [-0.25, -0.2) is 4.79 Å². The number of carbonyl (C=O) groups excluding carboxylic acids is 6. The number of alkyl halides is 2. The Morgan fingerprint density at radius 1 is 1.00 bits per heavy atom. The van der Waals surface area contributed by atoms with Gasteiger partial charge in [0.05, 0.1) is 6.04 Å². The highest BCUT2D eigenvalue weighted by Crippen LogP contribution is 2.65. The van der Waals surface area contributed by atoms with Crippen LogP contribution in [0, 0.1) is 17.8 Å². The number of halogens is 2. The fourth-order valence-corrected chi connectivity index (χ4v) is 7.25. The lowest BCUT2D eigenvalue weighted by Gasteiger charge is -2.36. The smallest absolute Gasteiger partial charge is 0.408 e. The first-order valence-corrected chi connectivity index (χ1v) is 17.2. The van der Waals surface area contributed by atoms with E-state index in [1.54, 1.807) is 26.8 Å². The molecular weight excluding hydrogens is 649 g/mol. The van der Waals surface area contributed by atoms with Crippen LogP contribution in [0.1, 0.15) is 92.9 Å². The highest BCUT2D eigenvalue weighted by atomic mass is 35.5. The van der Waals surface area contributed by atoms with Crippen LogP contribution in [0.25, 0.3) is 0 Å². The Labute approximate surface area is 287 Å². The molecule has 3 rings (SSSR count). The zero-order valence-electron chi connectivity index (χ0n) is 28.4. The van der Waals surface area contributed by atoms with Crippen LogP contribution in [0.2, 0.25) is 0 Å². The number of hydrogen-bond acceptors (Lipinski definition) is 7. The molecule has 5 amide bonds. The lowest BCUT2D eigenvalue weighted by molar-refractivity contribution is -0.144. The number of rotatable bonds is 13. The zero-order chi connectivity index (χ0) is 35.3. The maximum absolute atomic E-state index is 14.2. The molecule has 2 aliphatic carbocycles. The largest absolute Gasteiger partial charge is 0.444 e. The Morgan fingerprint density at radius 2 is 1.64 bits per heavy atom. The Morgan fingerprint density at radius 3 is 2.21 bits per heavy atom. The molecule has 1 aliphatic heterocycles. The van der Waals surface area contributed by atoms with E-state index in [1.807, 2.05) is 20.8 Å². The summed E-state index contributed by atoms with van der Waals surface area (Å²) in [5, 5.41) is 10.7. The summed E-state index contributed by atoms with van der Waals surface area (Å²) in [6.07, 6.45) is 5.49. The standard InChI is InChI=1S/C33H51Cl2N5O7/c1-8-9-15-21(26(42)28(44)36-17-16-22(41)39-31(2,3)4)37-27(43)25-23-20(33(23,34)35)18-40(25)29(45)24(19-13-11-10-12-14-19)38-30(46)47-32(5,6)7/h8,19-21,23-25H,1,9-18H2,2-7H3,(H,36,44)(H,37,43)(H,38,46)(H,39,41)/t20?,21?,23?,24-,25-/m0/s1. The van der Waals surface area contributed by atoms with Gasteiger partial charge in [0, 0.05) is 36.9 Å². The molecule has 0 aromatic heterocycles. The molecule has 0 spiro atoms. The Hall–Kier alpha value is -2.86. The van der Waals surface area contributed by atoms with Crippen LogP contribution in [-0.2, 0) is 28.7 Å². The van der Waals surface area contributed by atoms with Gasteiger partial charge in [-0.2, -0.15) is 0 Å². The van der Waals surface area contributed by atoms with Gasteiger partial charge in [0.1, 0.15) is 22.0 Å². The van der Waals surface area contributed by atoms with Crippen molar-refractivity contribution in [3.05, 3.63) is 12.7 Å². The van der Waals surface area contributed by atoms with E-state index < -0.39 is 69.1 Å². The van der Waals surface area contributed by atoms with Gasteiger partial charge in [0.15, 0.2) is 0 Å². The minimum atomic E-state index is -1.25. The van der Waals surface area contributed by atoms with Gasteiger partial charge in [-0.3, -0.25) is 24.0 Å². The highest BCUT2D eigenvalue weighted by Gasteiger charge is 2.74. The molecule has 1 heterocycles. The van der Waals surface area contributed by atoms with Crippen LogP contribution >= 0.6 is 23.2 Å². The number of ether oxygens (including phenoxy) is 1. The summed E-state index contributed by atoms with van der Waals surface area (Å²) in [5.41, 5.74) is -1.23. The molecule has 3 unspecified atom stereocenters. The lowest BCUT2D eigenvalue weighted by Crippen LogP contribution is -2.60. The third kappa shape index (κ3) is 10.6. The summed E-state index contributed by atoms with van der Waals surface area (Å²) < 4.78 is 4.22. The molecule has 264 valence electrons. The molecule has 14 heteroatoms. The van der Waals surface area contributed by atoms with Crippen molar-refractivity contribution in [3.8, 4) is 0 Å². The van der Waals surface area contributed by atoms with Crippen molar-refractivity contribution >= 4 is 58.7 Å². The molecule has 0 aromatic rings. The molecule has 12 nitrogen and oxygen atoms in total. The summed E-state index contributed by atoms with van der Waals surface area (Å²) in [4.78, 5) is 80.5. The molecule has 2 saturated carbocycles. The fraction of sp³-hybridized carbons (Fsp3) is 0.758. The van der Waals surface area contributed by atoms with E-state index in [0.29, 0.717) is 6.42 Å². The SMILES string of the molecule is C=CCCC(NC(=O)[C@@H]1C2C(CN1C(=O)[C@@H](NC(=O)OC(C)(C)C)C1CCCCC1)C2(Cl)Cl)C(=O)C(=O)NCCC(=O)NC(C)(C)C. The molecule has 0 aromatic carbocycles. The minimum absolute atomic E-state index is 0.0325. The number of hydrogen-bond donors (Lipinski definition) is 4. The van der Waals surface area contributed by atoms with Crippen molar-refractivity contribution in [1.29, 1.82) is 0 Å². The maximum Gasteiger partial charge on any atom is 0.408 e. The molecular formula is C33H51Cl2N5O7. The van der Waals surface area contributed by atoms with E-state index in [-0.39, 0.29) is 43.7 Å². The van der Waals surface area contributed by atoms with E-state index in [9.17, 15) is 28.8 Å². The quantitative estimate of drug-likeness (QED) is 0.130. The molecule has 0 radical (unpaired) electrons. The number of nitrogens with one attached hydrogen (secondary N) is 4. The van der Waals surface area contributed by atoms with Crippen molar-refractivity contribution < 1.29 is 33.5 Å². The second-order valence-electron chi connectivity index (χ2n) is 14.9. The summed E-state index contributed by atoms with van der Waals surface area (Å²) in [6.45, 7) is 14.4. The summed E-state index contributed by atoms with van der Waals surface area (Å²) in [5.74, 6) is -4.39. The van der Waals surface area contributed by atoms with Gasteiger partial charge >= 0.3 is 6.09 Å². The topological polar surface area (TPSA) is 163 Å². The Balaban J connectivity index is 1.77. The zero-order valence-corrected chi connectivity index (χ0v) is 29.9. The predicted molar refractivity (Wildman–Crippen MR) is 179 cm³/mol. The van der Waals surface area contributed by atoms with E-state index >= 15 is 0 Å². The van der Waals surface area contributed by atoms with Crippen LogP contribution in [-0.4, -0.2) is 87.1 Å². The first-order chi connectivity index (χ1) is 21.8. The summed E-state index contributed by atoms with van der Waals surface area (Å²) in [7, 11) is 0. The summed E-state index contributed by atoms with van der Waals surface area (Å²) >= 11 is 13.1. The van der Waals surface area contributed by atoms with Crippen LogP contribution in [0.3, 0.4) is 0 Å². The highest BCUT2D eigenvalue weighted by molar-refractivity contribution is 6.51. The third-order valence-corrected chi connectivity index (χ3v) is 9.68. The number of likely N-dealkylation sites (tertiary alicyclic amines) is 1. The van der Waals surface area contributed by atoms with Gasteiger partial charge in [0.25, 0.3) is 5.91 Å². The van der Waals surface area contributed by atoms with E-state index in [4.69, 9.17) is 27.9 Å². The number of allylic oxidation sites excluding steroid dienone is 1. The van der Waals surface area contributed by atoms with Crippen molar-refractivity contribution in [1.82, 2.24) is 26.2 Å². The molecule has 47 heavy (non-hydrogen) atoms. The number of amides is 5. The molecule has 1 saturated heterocycles. The van der Waals surface area contributed by atoms with Gasteiger partial charge in [-0.1, -0.05) is 25.3 Å². The minimum Gasteiger partial charge on any atom is -0.444 e. The predicted octanol–water partition coefficient (Wildman–Crippen LogP) is 3.53. The van der Waals surface area contributed by atoms with Crippen molar-refractivity contribution in [2.45, 2.75) is 127 Å². The molecule has 0 bridgehead atoms. The second kappa shape index (κ2) is 15.6. The Bertz CT molecular complexity index is 1220. The van der Waals surface area contributed by atoms with Gasteiger partial charge in [0.2, 0.25) is 23.5 Å². The number of Topliss-reactive ketones (excluding diaryl/α,β-unsaturated/α-hetero) is 1. The summed E-state index contributed by atoms with van der Waals surface area (Å²) in [6, 6.07) is -3.29. The lowest BCUT2D eigenvalue weighted by atomic mass is 9.83. The Kier molecular flexibility index (Phi) is 12.8. The van der Waals surface area contributed by atoms with Gasteiger partial charge < -0.3 is 30.9 Å². The number of alkyl carbamates (subject to hydrolysis) is 1. The number of nitrogens with zero attached hydrogens (tertiary/aromatic N) is 1. The van der Waals surface area contributed by atoms with Crippen LogP contribution in [0.5, 0.6) is 0 Å². The molecule has 4 N–H and O–H groups in total. The molecule has 3 fully saturated rings. The van der Waals surface area contributed by atoms with E-state index in [1.165, 1.54) is 4.90 Å². The van der Waals surface area contributed by atoms with E-state index in [2.05, 4.69) is 27.8 Å². The second-order valence-corrected chi connectivity index (χ2v) is 16.3. The number of ketones is 1. The first kappa shape index (κ1) is 38.6. The maximum atomic E-state index is 14.2. The third-order valence-electron chi connectivity index (χ3n) is 8.61. The van der Waals surface area contributed by atoms with Gasteiger partial charge in [-0.05, 0) is 73.1 Å². The van der Waals surface area contributed by atoms with Crippen LogP contribution < -0.4 is 21.3 Å². The normalized spacial score (nSPS) is 23.4. The monoisotopic (exact) mass is 699 g/mol. The number of fused-ring (bicyclic) bond motifs is 1. The fourth-order valence-electron chi connectivity index (χ4n) is 6.42. The van der Waals surface area contributed by atoms with Crippen molar-refractivity contribution in [2.75, 3.05) is 13.1 Å². The van der Waals surface area contributed by atoms with Crippen molar-refractivity contribution in [3.63, 3.8) is 0 Å². The molecule has 3 aliphatic rings. The van der Waals surface area contributed by atoms with Crippen molar-refractivity contribution in [2.24, 2.45) is 17.8 Å². The van der Waals surface area contributed by atoms with Gasteiger partial charge in [-0.15, -0.1) is 29.8 Å². The molecule has 5 atom stereocenters.